The standard InChI is InChI=1S/C31H21N2.C20H19GeN2O.Ir/c1-4-13-23(14-5-1)26-19-12-20-27(24-15-6-2-7-16-24)30(26)33-29-22-11-10-21-28(29)32-31(33)25-17-8-3-9-18-25;1-13-5-8-16-17-11-14(6-10-19(17)24-20(16)23-13)18-9-7-15(12-22-18)21(2,3)4;/h1-17,19-22H;5,7-12H,1-4H3;/q2*-1;. The molecule has 10 rings (SSSR count). The summed E-state index contributed by atoms with van der Waals surface area (Å²) in [5.74, 6) is 8.02. The van der Waals surface area contributed by atoms with Crippen LogP contribution in [-0.2, 0) is 20.1 Å². The van der Waals surface area contributed by atoms with Gasteiger partial charge >= 0.3 is 144 Å². The second-order valence-electron chi connectivity index (χ2n) is 15.2. The van der Waals surface area contributed by atoms with Crippen molar-refractivity contribution in [2.24, 2.45) is 0 Å². The van der Waals surface area contributed by atoms with Crippen molar-refractivity contribution < 1.29 is 24.5 Å². The second-order valence-corrected chi connectivity index (χ2v) is 25.8. The Morgan fingerprint density at radius 1 is 0.621 bits per heavy atom. The molecule has 5 nitrogen and oxygen atoms in total. The van der Waals surface area contributed by atoms with Gasteiger partial charge in [0.2, 0.25) is 0 Å². The molecule has 10 aromatic rings. The molecule has 0 saturated carbocycles. The zero-order chi connectivity index (χ0) is 38.9. The maximum Gasteiger partial charge on any atom is 0.0774 e. The molecular weight excluding hydrogens is 949 g/mol. The van der Waals surface area contributed by atoms with Gasteiger partial charge in [-0.25, -0.2) is 0 Å². The Bertz CT molecular complexity index is 2930. The summed E-state index contributed by atoms with van der Waals surface area (Å²) in [6, 6.07) is 63.1. The molecule has 4 heterocycles. The summed E-state index contributed by atoms with van der Waals surface area (Å²) in [4.78, 5) is 14.2. The summed E-state index contributed by atoms with van der Waals surface area (Å²) < 4.78 is 9.54. The number of aromatic nitrogens is 4. The van der Waals surface area contributed by atoms with Gasteiger partial charge in [0.25, 0.3) is 0 Å². The molecule has 58 heavy (non-hydrogen) atoms. The van der Waals surface area contributed by atoms with Gasteiger partial charge in [-0.05, 0) is 23.3 Å². The minimum absolute atomic E-state index is 0. The number of hydrogen-bond donors (Lipinski definition) is 0. The number of furan rings is 1. The fourth-order valence-electron chi connectivity index (χ4n) is 7.29. The molecule has 0 spiro atoms. The van der Waals surface area contributed by atoms with Crippen molar-refractivity contribution in [3.05, 3.63) is 188 Å². The van der Waals surface area contributed by atoms with Crippen molar-refractivity contribution in [3.63, 3.8) is 0 Å². The van der Waals surface area contributed by atoms with Crippen LogP contribution in [0.4, 0.5) is 0 Å². The summed E-state index contributed by atoms with van der Waals surface area (Å²) in [5.41, 5.74) is 13.2. The molecule has 0 aliphatic heterocycles. The fraction of sp³-hybridized carbons (Fsp3) is 0.0784. The number of rotatable bonds is 6. The zero-order valence-corrected chi connectivity index (χ0v) is 37.2. The molecule has 0 atom stereocenters. The van der Waals surface area contributed by atoms with Crippen molar-refractivity contribution in [2.75, 3.05) is 0 Å². The second kappa shape index (κ2) is 16.5. The first-order valence-corrected chi connectivity index (χ1v) is 26.5. The molecule has 0 aliphatic rings. The maximum absolute atomic E-state index is 5.83. The van der Waals surface area contributed by atoms with Crippen molar-refractivity contribution in [1.29, 1.82) is 0 Å². The first kappa shape index (κ1) is 38.9. The number of nitrogens with zero attached hydrogens (tertiary/aromatic N) is 4. The quantitative estimate of drug-likeness (QED) is 0.123. The van der Waals surface area contributed by atoms with E-state index in [0.29, 0.717) is 5.71 Å². The van der Waals surface area contributed by atoms with Gasteiger partial charge in [-0.15, -0.1) is 35.9 Å². The monoisotopic (exact) mass is 991 g/mol. The number of para-hydroxylation sites is 3. The summed E-state index contributed by atoms with van der Waals surface area (Å²) >= 11 is -1.83. The molecule has 7 heteroatoms. The number of fused-ring (bicyclic) bond motifs is 4. The molecule has 285 valence electrons. The summed E-state index contributed by atoms with van der Waals surface area (Å²) in [7, 11) is 0. The van der Waals surface area contributed by atoms with Crippen molar-refractivity contribution >= 4 is 50.8 Å². The normalized spacial score (nSPS) is 11.3. The molecule has 0 N–H and O–H groups in total. The minimum Gasteiger partial charge on any atom is -0.332 e. The molecule has 0 unspecified atom stereocenters. The molecular formula is C51H40GeIrN4O-2. The summed E-state index contributed by atoms with van der Waals surface area (Å²) in [5, 5.41) is 2.10. The average Bonchev–Trinajstić information content (AvgIpc) is 3.82. The number of hydrogen-bond acceptors (Lipinski definition) is 4. The van der Waals surface area contributed by atoms with Gasteiger partial charge < -0.3 is 4.57 Å². The van der Waals surface area contributed by atoms with Crippen LogP contribution in [0.1, 0.15) is 5.69 Å². The predicted octanol–water partition coefficient (Wildman–Crippen LogP) is 12.5. The Kier molecular flexibility index (Phi) is 11.1. The molecule has 0 bridgehead atoms. The molecule has 0 aliphatic carbocycles. The van der Waals surface area contributed by atoms with Gasteiger partial charge in [0.05, 0.1) is 22.5 Å². The molecule has 6 aromatic carbocycles. The van der Waals surface area contributed by atoms with Gasteiger partial charge in [0.1, 0.15) is 0 Å². The Balaban J connectivity index is 0.000000167. The van der Waals surface area contributed by atoms with Gasteiger partial charge in [0, 0.05) is 31.2 Å². The van der Waals surface area contributed by atoms with Gasteiger partial charge in [-0.1, -0.05) is 91.0 Å². The van der Waals surface area contributed by atoms with E-state index < -0.39 is 13.3 Å². The van der Waals surface area contributed by atoms with E-state index in [1.54, 1.807) is 0 Å². The number of imidazole rings is 1. The van der Waals surface area contributed by atoms with Crippen LogP contribution in [0.2, 0.25) is 17.3 Å². The number of aryl methyl sites for hydroxylation is 1. The van der Waals surface area contributed by atoms with Gasteiger partial charge in [-0.3, -0.25) is 4.98 Å². The Morgan fingerprint density at radius 2 is 1.31 bits per heavy atom. The molecule has 0 saturated heterocycles. The smallest absolute Gasteiger partial charge is 0.0774 e. The van der Waals surface area contributed by atoms with Crippen LogP contribution in [0.15, 0.2) is 174 Å². The number of benzene rings is 6. The van der Waals surface area contributed by atoms with Crippen LogP contribution < -0.4 is 4.40 Å². The first-order valence-electron chi connectivity index (χ1n) is 19.2. The van der Waals surface area contributed by atoms with E-state index >= 15 is 0 Å². The van der Waals surface area contributed by atoms with E-state index in [4.69, 9.17) is 9.40 Å². The molecule has 1 radical (unpaired) electrons. The van der Waals surface area contributed by atoms with E-state index in [1.807, 2.05) is 49.5 Å². The van der Waals surface area contributed by atoms with Crippen molar-refractivity contribution in [2.45, 2.75) is 24.2 Å². The fourth-order valence-corrected chi connectivity index (χ4v) is 9.46. The topological polar surface area (TPSA) is 56.7 Å². The van der Waals surface area contributed by atoms with Gasteiger partial charge in [-0.2, -0.15) is 0 Å². The van der Waals surface area contributed by atoms with Crippen LogP contribution in [-0.4, -0.2) is 32.8 Å². The predicted molar refractivity (Wildman–Crippen MR) is 238 cm³/mol. The third kappa shape index (κ3) is 7.71. The van der Waals surface area contributed by atoms with E-state index in [0.717, 1.165) is 72.5 Å². The van der Waals surface area contributed by atoms with Crippen LogP contribution in [0, 0.1) is 19.1 Å². The number of pyridine rings is 2. The molecule has 0 fully saturated rings. The third-order valence-electron chi connectivity index (χ3n) is 10.3. The zero-order valence-electron chi connectivity index (χ0n) is 32.7. The van der Waals surface area contributed by atoms with Crippen LogP contribution in [0.5, 0.6) is 0 Å². The average molecular weight is 990 g/mol. The third-order valence-corrected chi connectivity index (χ3v) is 14.5. The minimum atomic E-state index is -1.83. The Labute approximate surface area is 355 Å². The van der Waals surface area contributed by atoms with Crippen molar-refractivity contribution in [3.8, 4) is 50.6 Å². The van der Waals surface area contributed by atoms with E-state index in [1.165, 1.54) is 15.5 Å². The van der Waals surface area contributed by atoms with Gasteiger partial charge in [0.15, 0.2) is 0 Å². The molecule has 0 amide bonds. The first-order chi connectivity index (χ1) is 27.8. The van der Waals surface area contributed by atoms with Crippen LogP contribution in [0.25, 0.3) is 83.7 Å². The SMILES string of the molecule is Cc1ccc2c(n1)oc1c[c-]c(-c3cc[c]([Ge]([CH3])([CH3])[CH3])cn3)cc12.[Ir].[c-]1ccccc1-c1nc2ccccc2n1-c1c(-c2ccccc2)cccc1-c1ccccc1. The van der Waals surface area contributed by atoms with E-state index in [2.05, 4.69) is 171 Å². The molecule has 4 aromatic heterocycles. The van der Waals surface area contributed by atoms with E-state index in [-0.39, 0.29) is 20.1 Å². The van der Waals surface area contributed by atoms with Crippen LogP contribution in [0.3, 0.4) is 0 Å². The largest absolute Gasteiger partial charge is 0.332 e. The summed E-state index contributed by atoms with van der Waals surface area (Å²) in [6.07, 6.45) is 2.03. The van der Waals surface area contributed by atoms with Crippen LogP contribution >= 0.6 is 0 Å². The maximum atomic E-state index is 5.83. The Hall–Kier alpha value is -5.92. The Morgan fingerprint density at radius 3 is 1.97 bits per heavy atom. The van der Waals surface area contributed by atoms with Crippen molar-refractivity contribution in [1.82, 2.24) is 19.5 Å². The van der Waals surface area contributed by atoms with E-state index in [9.17, 15) is 0 Å². The summed E-state index contributed by atoms with van der Waals surface area (Å²) in [6.45, 7) is 1.97.